The van der Waals surface area contributed by atoms with Crippen LogP contribution in [-0.4, -0.2) is 31.2 Å². The third kappa shape index (κ3) is 3.78. The highest BCUT2D eigenvalue weighted by Gasteiger charge is 2.11. The Morgan fingerprint density at radius 2 is 1.87 bits per heavy atom. The van der Waals surface area contributed by atoms with Gasteiger partial charge >= 0.3 is 0 Å². The van der Waals surface area contributed by atoms with Crippen LogP contribution in [0.15, 0.2) is 48.5 Å². The highest BCUT2D eigenvalue weighted by Crippen LogP contribution is 2.21. The van der Waals surface area contributed by atoms with Crippen molar-refractivity contribution >= 4 is 27.5 Å². The zero-order chi connectivity index (χ0) is 16.1. The molecule has 1 N–H and O–H groups in total. The average molecular weight is 328 g/mol. The summed E-state index contributed by atoms with van der Waals surface area (Å²) in [7, 11) is 1.62. The molecule has 0 unspecified atom stereocenters. The fourth-order valence-electron chi connectivity index (χ4n) is 2.05. The summed E-state index contributed by atoms with van der Waals surface area (Å²) in [4.78, 5) is 16.4. The summed E-state index contributed by atoms with van der Waals surface area (Å²) in [6, 6.07) is 15.0. The monoisotopic (exact) mass is 328 g/mol. The van der Waals surface area contributed by atoms with Crippen molar-refractivity contribution in [3.05, 3.63) is 53.5 Å². The Bertz CT molecular complexity index is 766. The lowest BCUT2D eigenvalue weighted by Gasteiger charge is -2.07. The molecule has 0 radical (unpaired) electrons. The molecular formula is C17H16N2O3S. The van der Waals surface area contributed by atoms with Crippen LogP contribution in [0, 0.1) is 0 Å². The second-order valence-electron chi connectivity index (χ2n) is 4.77. The second kappa shape index (κ2) is 7.11. The zero-order valence-corrected chi connectivity index (χ0v) is 13.4. The standard InChI is InChI=1S/C17H16N2O3S/c1-21-12-6-8-13(9-7-12)22-11-10-18-16(20)17-19-14-4-2-3-5-15(14)23-17/h2-9H,10-11H2,1H3,(H,18,20). The largest absolute Gasteiger partial charge is 0.497 e. The van der Waals surface area contributed by atoms with Crippen molar-refractivity contribution < 1.29 is 14.3 Å². The van der Waals surface area contributed by atoms with Gasteiger partial charge in [-0.05, 0) is 36.4 Å². The number of amides is 1. The van der Waals surface area contributed by atoms with Gasteiger partial charge in [-0.3, -0.25) is 4.79 Å². The highest BCUT2D eigenvalue weighted by atomic mass is 32.1. The van der Waals surface area contributed by atoms with Crippen LogP contribution < -0.4 is 14.8 Å². The first-order chi connectivity index (χ1) is 11.3. The van der Waals surface area contributed by atoms with E-state index in [-0.39, 0.29) is 5.91 Å². The van der Waals surface area contributed by atoms with Crippen molar-refractivity contribution in [2.24, 2.45) is 0 Å². The number of nitrogens with zero attached hydrogens (tertiary/aromatic N) is 1. The number of para-hydroxylation sites is 1. The summed E-state index contributed by atoms with van der Waals surface area (Å²) < 4.78 is 11.7. The Hall–Kier alpha value is -2.60. The minimum absolute atomic E-state index is 0.176. The van der Waals surface area contributed by atoms with Crippen LogP contribution in [0.2, 0.25) is 0 Å². The summed E-state index contributed by atoms with van der Waals surface area (Å²) in [6.07, 6.45) is 0. The predicted octanol–water partition coefficient (Wildman–Crippen LogP) is 3.11. The molecular weight excluding hydrogens is 312 g/mol. The van der Waals surface area contributed by atoms with E-state index < -0.39 is 0 Å². The molecule has 0 fully saturated rings. The molecule has 1 heterocycles. The quantitative estimate of drug-likeness (QED) is 0.706. The van der Waals surface area contributed by atoms with E-state index in [9.17, 15) is 4.79 Å². The van der Waals surface area contributed by atoms with Gasteiger partial charge in [-0.25, -0.2) is 4.98 Å². The lowest BCUT2D eigenvalue weighted by molar-refractivity contribution is 0.0947. The van der Waals surface area contributed by atoms with Crippen LogP contribution >= 0.6 is 11.3 Å². The first-order valence-corrected chi connectivity index (χ1v) is 7.98. The van der Waals surface area contributed by atoms with E-state index in [1.54, 1.807) is 7.11 Å². The number of aromatic nitrogens is 1. The molecule has 3 rings (SSSR count). The molecule has 2 aromatic carbocycles. The van der Waals surface area contributed by atoms with Gasteiger partial charge in [0, 0.05) is 0 Å². The van der Waals surface area contributed by atoms with Crippen molar-refractivity contribution in [2.45, 2.75) is 0 Å². The number of hydrogen-bond acceptors (Lipinski definition) is 5. The molecule has 5 nitrogen and oxygen atoms in total. The van der Waals surface area contributed by atoms with Crippen LogP contribution in [0.25, 0.3) is 10.2 Å². The molecule has 1 aromatic heterocycles. The normalized spacial score (nSPS) is 10.5. The molecule has 0 aliphatic carbocycles. The van der Waals surface area contributed by atoms with Crippen LogP contribution in [0.3, 0.4) is 0 Å². The number of benzene rings is 2. The van der Waals surface area contributed by atoms with E-state index in [1.807, 2.05) is 48.5 Å². The number of methoxy groups -OCH3 is 1. The lowest BCUT2D eigenvalue weighted by Crippen LogP contribution is -2.27. The number of thiazole rings is 1. The topological polar surface area (TPSA) is 60.5 Å². The molecule has 0 aliphatic rings. The highest BCUT2D eigenvalue weighted by molar-refractivity contribution is 7.20. The van der Waals surface area contributed by atoms with E-state index in [1.165, 1.54) is 11.3 Å². The van der Waals surface area contributed by atoms with Gasteiger partial charge in [0.2, 0.25) is 0 Å². The Morgan fingerprint density at radius 1 is 1.13 bits per heavy atom. The van der Waals surface area contributed by atoms with Crippen LogP contribution in [0.4, 0.5) is 0 Å². The van der Waals surface area contributed by atoms with E-state index in [2.05, 4.69) is 10.3 Å². The van der Waals surface area contributed by atoms with E-state index in [0.29, 0.717) is 18.2 Å². The molecule has 0 spiro atoms. The molecule has 0 aliphatic heterocycles. The summed E-state index contributed by atoms with van der Waals surface area (Å²) in [5, 5.41) is 3.28. The van der Waals surface area contributed by atoms with Crippen molar-refractivity contribution in [1.29, 1.82) is 0 Å². The summed E-state index contributed by atoms with van der Waals surface area (Å²) >= 11 is 1.39. The fraction of sp³-hybridized carbons (Fsp3) is 0.176. The second-order valence-corrected chi connectivity index (χ2v) is 5.80. The average Bonchev–Trinajstić information content (AvgIpc) is 3.03. The van der Waals surface area contributed by atoms with Gasteiger partial charge in [-0.1, -0.05) is 12.1 Å². The van der Waals surface area contributed by atoms with E-state index in [0.717, 1.165) is 21.7 Å². The number of carbonyl (C=O) groups excluding carboxylic acids is 1. The van der Waals surface area contributed by atoms with Gasteiger partial charge in [-0.2, -0.15) is 0 Å². The van der Waals surface area contributed by atoms with Gasteiger partial charge in [0.15, 0.2) is 5.01 Å². The van der Waals surface area contributed by atoms with Crippen molar-refractivity contribution in [3.63, 3.8) is 0 Å². The number of nitrogens with one attached hydrogen (secondary N) is 1. The molecule has 6 heteroatoms. The molecule has 118 valence electrons. The number of rotatable bonds is 6. The van der Waals surface area contributed by atoms with Gasteiger partial charge in [0.05, 0.1) is 23.9 Å². The molecule has 0 atom stereocenters. The third-order valence-corrected chi connectivity index (χ3v) is 4.24. The molecule has 0 saturated carbocycles. The zero-order valence-electron chi connectivity index (χ0n) is 12.6. The Kier molecular flexibility index (Phi) is 4.73. The number of fused-ring (bicyclic) bond motifs is 1. The Balaban J connectivity index is 1.48. The first-order valence-electron chi connectivity index (χ1n) is 7.17. The smallest absolute Gasteiger partial charge is 0.280 e. The third-order valence-electron chi connectivity index (χ3n) is 3.20. The summed E-state index contributed by atoms with van der Waals surface area (Å²) in [5.74, 6) is 1.34. The minimum Gasteiger partial charge on any atom is -0.497 e. The molecule has 3 aromatic rings. The van der Waals surface area contributed by atoms with Crippen LogP contribution in [0.5, 0.6) is 11.5 Å². The summed E-state index contributed by atoms with van der Waals surface area (Å²) in [5.41, 5.74) is 0.845. The van der Waals surface area contributed by atoms with Gasteiger partial charge in [0.1, 0.15) is 18.1 Å². The fourth-order valence-corrected chi connectivity index (χ4v) is 2.93. The van der Waals surface area contributed by atoms with Gasteiger partial charge < -0.3 is 14.8 Å². The first kappa shape index (κ1) is 15.3. The predicted molar refractivity (Wildman–Crippen MR) is 90.4 cm³/mol. The molecule has 0 bridgehead atoms. The maximum Gasteiger partial charge on any atom is 0.280 e. The molecule has 0 saturated heterocycles. The lowest BCUT2D eigenvalue weighted by atomic mass is 10.3. The Morgan fingerprint density at radius 3 is 2.61 bits per heavy atom. The number of ether oxygens (including phenoxy) is 2. The van der Waals surface area contributed by atoms with Crippen LogP contribution in [-0.2, 0) is 0 Å². The van der Waals surface area contributed by atoms with Gasteiger partial charge in [-0.15, -0.1) is 11.3 Å². The maximum absolute atomic E-state index is 12.1. The van der Waals surface area contributed by atoms with E-state index in [4.69, 9.17) is 9.47 Å². The number of hydrogen-bond donors (Lipinski definition) is 1. The van der Waals surface area contributed by atoms with Crippen molar-refractivity contribution in [1.82, 2.24) is 10.3 Å². The van der Waals surface area contributed by atoms with Crippen molar-refractivity contribution in [2.75, 3.05) is 20.3 Å². The van der Waals surface area contributed by atoms with Gasteiger partial charge in [0.25, 0.3) is 5.91 Å². The minimum atomic E-state index is -0.176. The van der Waals surface area contributed by atoms with Crippen LogP contribution in [0.1, 0.15) is 9.80 Å². The summed E-state index contributed by atoms with van der Waals surface area (Å²) in [6.45, 7) is 0.809. The SMILES string of the molecule is COc1ccc(OCCNC(=O)c2nc3ccccc3s2)cc1. The molecule has 23 heavy (non-hydrogen) atoms. The molecule has 1 amide bonds. The van der Waals surface area contributed by atoms with E-state index >= 15 is 0 Å². The number of carbonyl (C=O) groups is 1. The van der Waals surface area contributed by atoms with Crippen molar-refractivity contribution in [3.8, 4) is 11.5 Å². The maximum atomic E-state index is 12.1. The Labute approximate surface area is 137 Å².